The standard InChI is InChI=1S/C13H14N4O4/c18-12(16-5-6-21-11(7-16)13(19)20)8-17-14-9-3-1-2-4-10(9)15-17/h1-4,11H,5-8H2,(H,19,20)/t11-/m1/s1. The van der Waals surface area contributed by atoms with Crippen LogP contribution in [0, 0.1) is 0 Å². The van der Waals surface area contributed by atoms with Crippen LogP contribution < -0.4 is 0 Å². The molecule has 8 heteroatoms. The molecule has 110 valence electrons. The van der Waals surface area contributed by atoms with Crippen molar-refractivity contribution < 1.29 is 19.4 Å². The number of aromatic nitrogens is 3. The van der Waals surface area contributed by atoms with Crippen LogP contribution >= 0.6 is 0 Å². The number of nitrogens with zero attached hydrogens (tertiary/aromatic N) is 4. The fraction of sp³-hybridized carbons (Fsp3) is 0.385. The molecule has 2 aromatic rings. The van der Waals surface area contributed by atoms with Gasteiger partial charge in [0.05, 0.1) is 13.2 Å². The number of carboxylic acids is 1. The van der Waals surface area contributed by atoms with Crippen LogP contribution in [-0.2, 0) is 20.9 Å². The molecule has 0 aliphatic carbocycles. The number of hydrogen-bond donors (Lipinski definition) is 1. The minimum absolute atomic E-state index is 0.0129. The van der Waals surface area contributed by atoms with Crippen molar-refractivity contribution >= 4 is 22.9 Å². The number of ether oxygens (including phenoxy) is 1. The molecule has 1 aliphatic heterocycles. The van der Waals surface area contributed by atoms with E-state index in [9.17, 15) is 9.59 Å². The number of carboxylic acid groups (broad SMARTS) is 1. The van der Waals surface area contributed by atoms with E-state index in [1.807, 2.05) is 24.3 Å². The predicted molar refractivity (Wildman–Crippen MR) is 71.5 cm³/mol. The lowest BCUT2D eigenvalue weighted by atomic mass is 10.2. The molecule has 1 saturated heterocycles. The quantitative estimate of drug-likeness (QED) is 0.836. The number of benzene rings is 1. The van der Waals surface area contributed by atoms with E-state index < -0.39 is 12.1 Å². The average Bonchev–Trinajstić information content (AvgIpc) is 2.89. The van der Waals surface area contributed by atoms with Gasteiger partial charge in [-0.15, -0.1) is 0 Å². The lowest BCUT2D eigenvalue weighted by Crippen LogP contribution is -2.49. The maximum atomic E-state index is 12.2. The molecular formula is C13H14N4O4. The summed E-state index contributed by atoms with van der Waals surface area (Å²) >= 11 is 0. The average molecular weight is 290 g/mol. The van der Waals surface area contributed by atoms with Gasteiger partial charge in [-0.25, -0.2) is 4.79 Å². The van der Waals surface area contributed by atoms with Gasteiger partial charge in [0.2, 0.25) is 5.91 Å². The SMILES string of the molecule is O=C(O)[C@H]1CN(C(=O)Cn2nc3ccccc3n2)CCO1. The summed E-state index contributed by atoms with van der Waals surface area (Å²) in [5.41, 5.74) is 1.44. The molecule has 0 spiro atoms. The van der Waals surface area contributed by atoms with E-state index in [2.05, 4.69) is 10.2 Å². The monoisotopic (exact) mass is 290 g/mol. The van der Waals surface area contributed by atoms with Crippen molar-refractivity contribution in [2.75, 3.05) is 19.7 Å². The van der Waals surface area contributed by atoms with Gasteiger partial charge in [-0.2, -0.15) is 15.0 Å². The summed E-state index contributed by atoms with van der Waals surface area (Å²) in [6.07, 6.45) is -0.965. The third-order valence-corrected chi connectivity index (χ3v) is 3.30. The summed E-state index contributed by atoms with van der Waals surface area (Å²) < 4.78 is 5.09. The van der Waals surface area contributed by atoms with Gasteiger partial charge >= 0.3 is 5.97 Å². The second kappa shape index (κ2) is 5.49. The molecular weight excluding hydrogens is 276 g/mol. The topological polar surface area (TPSA) is 97.6 Å². The number of hydrogen-bond acceptors (Lipinski definition) is 5. The Bertz CT molecular complexity index is 651. The zero-order chi connectivity index (χ0) is 14.8. The van der Waals surface area contributed by atoms with Gasteiger partial charge in [-0.05, 0) is 12.1 Å². The van der Waals surface area contributed by atoms with Crippen molar-refractivity contribution in [3.05, 3.63) is 24.3 Å². The Morgan fingerprint density at radius 3 is 2.57 bits per heavy atom. The number of rotatable bonds is 3. The zero-order valence-corrected chi connectivity index (χ0v) is 11.2. The van der Waals surface area contributed by atoms with Crippen molar-refractivity contribution in [3.8, 4) is 0 Å². The Balaban J connectivity index is 1.69. The fourth-order valence-corrected chi connectivity index (χ4v) is 2.22. The van der Waals surface area contributed by atoms with E-state index in [1.54, 1.807) is 0 Å². The summed E-state index contributed by atoms with van der Waals surface area (Å²) in [7, 11) is 0. The van der Waals surface area contributed by atoms with Gasteiger partial charge in [0.25, 0.3) is 0 Å². The van der Waals surface area contributed by atoms with Gasteiger partial charge in [0, 0.05) is 6.54 Å². The van der Waals surface area contributed by atoms with Gasteiger partial charge in [-0.1, -0.05) is 12.1 Å². The van der Waals surface area contributed by atoms with Crippen LogP contribution in [0.3, 0.4) is 0 Å². The van der Waals surface area contributed by atoms with Crippen molar-refractivity contribution in [2.45, 2.75) is 12.6 Å². The second-order valence-corrected chi connectivity index (χ2v) is 4.76. The van der Waals surface area contributed by atoms with Crippen molar-refractivity contribution in [2.24, 2.45) is 0 Å². The molecule has 1 aliphatic rings. The van der Waals surface area contributed by atoms with E-state index in [4.69, 9.17) is 9.84 Å². The van der Waals surface area contributed by atoms with E-state index in [0.717, 1.165) is 11.0 Å². The van der Waals surface area contributed by atoms with Crippen molar-refractivity contribution in [1.82, 2.24) is 19.9 Å². The number of morpholine rings is 1. The molecule has 1 fully saturated rings. The number of fused-ring (bicyclic) bond motifs is 1. The Labute approximate surface area is 119 Å². The molecule has 1 aromatic carbocycles. The number of carbonyl (C=O) groups is 2. The van der Waals surface area contributed by atoms with Crippen LogP contribution in [0.4, 0.5) is 0 Å². The molecule has 8 nitrogen and oxygen atoms in total. The lowest BCUT2D eigenvalue weighted by Gasteiger charge is -2.30. The first kappa shape index (κ1) is 13.5. The Hall–Kier alpha value is -2.48. The molecule has 21 heavy (non-hydrogen) atoms. The minimum Gasteiger partial charge on any atom is -0.479 e. The fourth-order valence-electron chi connectivity index (χ4n) is 2.22. The maximum absolute atomic E-state index is 12.2. The molecule has 3 rings (SSSR count). The Kier molecular flexibility index (Phi) is 3.53. The molecule has 1 atom stereocenters. The third-order valence-electron chi connectivity index (χ3n) is 3.30. The van der Waals surface area contributed by atoms with E-state index >= 15 is 0 Å². The summed E-state index contributed by atoms with van der Waals surface area (Å²) in [6, 6.07) is 7.34. The summed E-state index contributed by atoms with van der Waals surface area (Å²) in [6.45, 7) is 0.636. The smallest absolute Gasteiger partial charge is 0.334 e. The molecule has 0 bridgehead atoms. The highest BCUT2D eigenvalue weighted by atomic mass is 16.5. The highest BCUT2D eigenvalue weighted by Gasteiger charge is 2.29. The Morgan fingerprint density at radius 2 is 1.95 bits per heavy atom. The van der Waals surface area contributed by atoms with Crippen LogP contribution in [-0.4, -0.2) is 62.7 Å². The van der Waals surface area contributed by atoms with Gasteiger partial charge in [0.15, 0.2) is 6.10 Å². The van der Waals surface area contributed by atoms with Crippen molar-refractivity contribution in [3.63, 3.8) is 0 Å². The molecule has 0 unspecified atom stereocenters. The molecule has 0 saturated carbocycles. The molecule has 1 N–H and O–H groups in total. The summed E-state index contributed by atoms with van der Waals surface area (Å²) in [4.78, 5) is 25.9. The van der Waals surface area contributed by atoms with Gasteiger partial charge in [0.1, 0.15) is 17.6 Å². The van der Waals surface area contributed by atoms with Crippen LogP contribution in [0.5, 0.6) is 0 Å². The number of carbonyl (C=O) groups excluding carboxylic acids is 1. The van der Waals surface area contributed by atoms with Crippen LogP contribution in [0.25, 0.3) is 11.0 Å². The third kappa shape index (κ3) is 2.84. The predicted octanol–water partition coefficient (Wildman–Crippen LogP) is -0.257. The maximum Gasteiger partial charge on any atom is 0.334 e. The van der Waals surface area contributed by atoms with Crippen LogP contribution in [0.1, 0.15) is 0 Å². The Morgan fingerprint density at radius 1 is 1.29 bits per heavy atom. The van der Waals surface area contributed by atoms with Crippen LogP contribution in [0.15, 0.2) is 24.3 Å². The van der Waals surface area contributed by atoms with Crippen molar-refractivity contribution in [1.29, 1.82) is 0 Å². The largest absolute Gasteiger partial charge is 0.479 e. The number of amides is 1. The van der Waals surface area contributed by atoms with E-state index in [0.29, 0.717) is 6.54 Å². The van der Waals surface area contributed by atoms with Crippen LogP contribution in [0.2, 0.25) is 0 Å². The summed E-state index contributed by atoms with van der Waals surface area (Å²) in [5, 5.41) is 17.4. The first-order valence-electron chi connectivity index (χ1n) is 6.55. The molecule has 2 heterocycles. The van der Waals surface area contributed by atoms with E-state index in [1.165, 1.54) is 9.70 Å². The summed E-state index contributed by atoms with van der Waals surface area (Å²) in [5.74, 6) is -1.28. The lowest BCUT2D eigenvalue weighted by molar-refractivity contribution is -0.159. The van der Waals surface area contributed by atoms with Gasteiger partial charge < -0.3 is 14.7 Å². The first-order chi connectivity index (χ1) is 10.1. The minimum atomic E-state index is -1.06. The highest BCUT2D eigenvalue weighted by Crippen LogP contribution is 2.09. The molecule has 1 aromatic heterocycles. The highest BCUT2D eigenvalue weighted by molar-refractivity contribution is 5.79. The number of aliphatic carboxylic acids is 1. The van der Waals surface area contributed by atoms with E-state index in [-0.39, 0.29) is 25.6 Å². The molecule has 1 amide bonds. The first-order valence-corrected chi connectivity index (χ1v) is 6.55. The molecule has 0 radical (unpaired) electrons. The van der Waals surface area contributed by atoms with Gasteiger partial charge in [-0.3, -0.25) is 4.79 Å². The zero-order valence-electron chi connectivity index (χ0n) is 11.2. The second-order valence-electron chi connectivity index (χ2n) is 4.76. The normalized spacial score (nSPS) is 18.9.